The van der Waals surface area contributed by atoms with Crippen LogP contribution >= 0.6 is 11.3 Å². The number of aliphatic hydroxyl groups excluding tert-OH is 1. The van der Waals surface area contributed by atoms with Crippen LogP contribution in [0.15, 0.2) is 12.1 Å². The number of hydrogen-bond donors (Lipinski definition) is 3. The number of thiophene rings is 1. The molecule has 20 heavy (non-hydrogen) atoms. The molecule has 0 aliphatic heterocycles. The maximum Gasteiger partial charge on any atom is 0.264 e. The summed E-state index contributed by atoms with van der Waals surface area (Å²) in [6, 6.07) is 3.12. The van der Waals surface area contributed by atoms with Crippen molar-refractivity contribution in [1.82, 2.24) is 4.90 Å². The third-order valence-corrected chi connectivity index (χ3v) is 3.08. The fourth-order valence-corrected chi connectivity index (χ4v) is 2.23. The fourth-order valence-electron chi connectivity index (χ4n) is 1.38. The van der Waals surface area contributed by atoms with Crippen molar-refractivity contribution in [3.05, 3.63) is 21.9 Å². The van der Waals surface area contributed by atoms with Gasteiger partial charge in [-0.05, 0) is 12.1 Å². The highest BCUT2D eigenvalue weighted by Crippen LogP contribution is 2.17. The third kappa shape index (κ3) is 4.72. The van der Waals surface area contributed by atoms with Crippen molar-refractivity contribution in [3.8, 4) is 11.8 Å². The Hall–Kier alpha value is -2.37. The van der Waals surface area contributed by atoms with Crippen LogP contribution in [0.5, 0.6) is 0 Å². The van der Waals surface area contributed by atoms with E-state index in [4.69, 9.17) is 16.6 Å². The lowest BCUT2D eigenvalue weighted by Crippen LogP contribution is -2.43. The zero-order valence-electron chi connectivity index (χ0n) is 10.5. The van der Waals surface area contributed by atoms with Gasteiger partial charge in [-0.15, -0.1) is 11.3 Å². The van der Waals surface area contributed by atoms with Crippen LogP contribution in [0.4, 0.5) is 0 Å². The lowest BCUT2D eigenvalue weighted by atomic mass is 10.3. The average Bonchev–Trinajstić information content (AvgIpc) is 2.82. The summed E-state index contributed by atoms with van der Waals surface area (Å²) in [6.07, 6.45) is 0. The van der Waals surface area contributed by atoms with Crippen LogP contribution in [0.2, 0.25) is 0 Å². The second-order valence-electron chi connectivity index (χ2n) is 3.72. The maximum atomic E-state index is 12.1. The van der Waals surface area contributed by atoms with E-state index in [2.05, 4.69) is 11.8 Å². The van der Waals surface area contributed by atoms with Gasteiger partial charge in [-0.3, -0.25) is 14.4 Å². The minimum Gasteiger partial charge on any atom is -0.384 e. The van der Waals surface area contributed by atoms with Crippen molar-refractivity contribution < 1.29 is 19.5 Å². The molecule has 0 aromatic carbocycles. The quantitative estimate of drug-likeness (QED) is 0.571. The molecule has 8 heteroatoms. The van der Waals surface area contributed by atoms with E-state index in [0.29, 0.717) is 9.75 Å². The minimum atomic E-state index is -0.739. The number of rotatable bonds is 5. The highest BCUT2D eigenvalue weighted by atomic mass is 32.1. The first-order valence-electron chi connectivity index (χ1n) is 5.49. The Balaban J connectivity index is 2.90. The van der Waals surface area contributed by atoms with Gasteiger partial charge in [0.2, 0.25) is 11.8 Å². The molecule has 0 fully saturated rings. The van der Waals surface area contributed by atoms with E-state index < -0.39 is 30.8 Å². The smallest absolute Gasteiger partial charge is 0.264 e. The zero-order chi connectivity index (χ0) is 15.1. The predicted octanol–water partition coefficient (Wildman–Crippen LogP) is -1.50. The van der Waals surface area contributed by atoms with Crippen molar-refractivity contribution in [2.45, 2.75) is 0 Å². The lowest BCUT2D eigenvalue weighted by Gasteiger charge is -2.18. The Kier molecular flexibility index (Phi) is 5.71. The Labute approximate surface area is 119 Å². The van der Waals surface area contributed by atoms with Gasteiger partial charge < -0.3 is 21.5 Å². The lowest BCUT2D eigenvalue weighted by molar-refractivity contribution is -0.121. The van der Waals surface area contributed by atoms with Crippen molar-refractivity contribution in [2.75, 3.05) is 19.7 Å². The molecule has 1 aromatic rings. The SMILES string of the molecule is NC(=O)CN(CC(N)=O)C(=O)c1ccc(C#CCO)s1. The van der Waals surface area contributed by atoms with Gasteiger partial charge in [0.05, 0.1) is 9.75 Å². The van der Waals surface area contributed by atoms with Crippen LogP contribution < -0.4 is 11.5 Å². The van der Waals surface area contributed by atoms with Crippen LogP contribution in [0.25, 0.3) is 0 Å². The van der Waals surface area contributed by atoms with E-state index >= 15 is 0 Å². The van der Waals surface area contributed by atoms with Crippen LogP contribution in [0.3, 0.4) is 0 Å². The largest absolute Gasteiger partial charge is 0.384 e. The number of carbonyl (C=O) groups excluding carboxylic acids is 3. The van der Waals surface area contributed by atoms with E-state index in [0.717, 1.165) is 16.2 Å². The predicted molar refractivity (Wildman–Crippen MR) is 72.6 cm³/mol. The summed E-state index contributed by atoms with van der Waals surface area (Å²) in [5, 5.41) is 8.58. The number of amides is 3. The Morgan fingerprint density at radius 2 is 1.80 bits per heavy atom. The van der Waals surface area contributed by atoms with Crippen molar-refractivity contribution >= 4 is 29.1 Å². The fraction of sp³-hybridized carbons (Fsp3) is 0.250. The highest BCUT2D eigenvalue weighted by Gasteiger charge is 2.20. The molecule has 0 atom stereocenters. The third-order valence-electron chi connectivity index (χ3n) is 2.09. The first-order valence-corrected chi connectivity index (χ1v) is 6.31. The standard InChI is InChI=1S/C12H13N3O4S/c13-10(17)6-15(7-11(14)18)12(19)9-4-3-8(20-9)2-1-5-16/h3-4,16H,5-7H2,(H2,13,17)(H2,14,18). The molecule has 3 amide bonds. The van der Waals surface area contributed by atoms with Crippen LogP contribution in [0, 0.1) is 11.8 Å². The average molecular weight is 295 g/mol. The number of carbonyl (C=O) groups is 3. The second-order valence-corrected chi connectivity index (χ2v) is 4.80. The second kappa shape index (κ2) is 7.28. The highest BCUT2D eigenvalue weighted by molar-refractivity contribution is 7.14. The van der Waals surface area contributed by atoms with Gasteiger partial charge in [-0.25, -0.2) is 0 Å². The van der Waals surface area contributed by atoms with Crippen molar-refractivity contribution in [2.24, 2.45) is 11.5 Å². The van der Waals surface area contributed by atoms with Gasteiger partial charge >= 0.3 is 0 Å². The molecular formula is C12H13N3O4S. The molecule has 7 nitrogen and oxygen atoms in total. The summed E-state index contributed by atoms with van der Waals surface area (Å²) in [5.74, 6) is 3.11. The van der Waals surface area contributed by atoms with E-state index in [9.17, 15) is 14.4 Å². The molecule has 0 saturated heterocycles. The number of primary amides is 2. The van der Waals surface area contributed by atoms with Gasteiger partial charge in [-0.2, -0.15) is 0 Å². The number of aliphatic hydroxyl groups is 1. The van der Waals surface area contributed by atoms with Gasteiger partial charge in [0.1, 0.15) is 19.7 Å². The Bertz CT molecular complexity index is 569. The van der Waals surface area contributed by atoms with E-state index in [1.54, 1.807) is 6.07 Å². The molecule has 106 valence electrons. The van der Waals surface area contributed by atoms with E-state index in [-0.39, 0.29) is 6.61 Å². The molecule has 0 radical (unpaired) electrons. The number of nitrogens with two attached hydrogens (primary N) is 2. The molecule has 1 rings (SSSR count). The van der Waals surface area contributed by atoms with Crippen LogP contribution in [-0.2, 0) is 9.59 Å². The summed E-state index contributed by atoms with van der Waals surface area (Å²) in [6.45, 7) is -1.06. The molecule has 5 N–H and O–H groups in total. The molecule has 0 aliphatic rings. The Morgan fingerprint density at radius 1 is 1.20 bits per heavy atom. The first kappa shape index (κ1) is 15.7. The summed E-state index contributed by atoms with van der Waals surface area (Å²) in [5.41, 5.74) is 10.0. The number of nitrogens with zero attached hydrogens (tertiary/aromatic N) is 1. The molecule has 0 aliphatic carbocycles. The van der Waals surface area contributed by atoms with E-state index in [1.807, 2.05) is 0 Å². The monoisotopic (exact) mass is 295 g/mol. The topological polar surface area (TPSA) is 127 Å². The Morgan fingerprint density at radius 3 is 2.30 bits per heavy atom. The van der Waals surface area contributed by atoms with Crippen LogP contribution in [0.1, 0.15) is 14.5 Å². The molecule has 1 aromatic heterocycles. The zero-order valence-corrected chi connectivity index (χ0v) is 11.3. The normalized spacial score (nSPS) is 9.45. The maximum absolute atomic E-state index is 12.1. The van der Waals surface area contributed by atoms with Gasteiger partial charge in [-0.1, -0.05) is 11.8 Å². The minimum absolute atomic E-state index is 0.281. The van der Waals surface area contributed by atoms with Crippen molar-refractivity contribution in [1.29, 1.82) is 0 Å². The van der Waals surface area contributed by atoms with Gasteiger partial charge in [0.15, 0.2) is 0 Å². The van der Waals surface area contributed by atoms with Gasteiger partial charge in [0, 0.05) is 0 Å². The van der Waals surface area contributed by atoms with Crippen LogP contribution in [-0.4, -0.2) is 47.4 Å². The summed E-state index contributed by atoms with van der Waals surface area (Å²) in [4.78, 5) is 35.8. The number of hydrogen-bond acceptors (Lipinski definition) is 5. The summed E-state index contributed by atoms with van der Waals surface area (Å²) in [7, 11) is 0. The summed E-state index contributed by atoms with van der Waals surface area (Å²) >= 11 is 1.08. The first-order chi connectivity index (χ1) is 9.43. The summed E-state index contributed by atoms with van der Waals surface area (Å²) < 4.78 is 0. The van der Waals surface area contributed by atoms with E-state index in [1.165, 1.54) is 6.07 Å². The molecule has 0 spiro atoms. The molecular weight excluding hydrogens is 282 g/mol. The molecule has 0 saturated carbocycles. The molecule has 0 bridgehead atoms. The molecule has 1 heterocycles. The molecule has 0 unspecified atom stereocenters. The van der Waals surface area contributed by atoms with Crippen molar-refractivity contribution in [3.63, 3.8) is 0 Å². The van der Waals surface area contributed by atoms with Gasteiger partial charge in [0.25, 0.3) is 5.91 Å².